The Kier molecular flexibility index (Phi) is 5.08. The minimum Gasteiger partial charge on any atom is -0.298 e. The van der Waals surface area contributed by atoms with Gasteiger partial charge in [-0.3, -0.25) is 19.7 Å². The molecule has 0 aliphatic rings. The maximum Gasteiger partial charge on any atom is 0.271 e. The van der Waals surface area contributed by atoms with Crippen molar-refractivity contribution < 1.29 is 14.5 Å². The number of non-ortho nitro benzene ring substituents is 1. The van der Waals surface area contributed by atoms with Gasteiger partial charge in [-0.2, -0.15) is 0 Å². The van der Waals surface area contributed by atoms with Gasteiger partial charge < -0.3 is 0 Å². The van der Waals surface area contributed by atoms with Gasteiger partial charge in [0.25, 0.3) is 5.69 Å². The third kappa shape index (κ3) is 4.39. The first-order chi connectivity index (χ1) is 8.52. The van der Waals surface area contributed by atoms with Crippen LogP contribution in [0, 0.1) is 22.0 Å². The van der Waals surface area contributed by atoms with E-state index in [1.54, 1.807) is 0 Å². The van der Waals surface area contributed by atoms with Gasteiger partial charge >= 0.3 is 0 Å². The number of aldehydes is 1. The lowest BCUT2D eigenvalue weighted by molar-refractivity contribution is -0.384. The molecule has 92 valence electrons. The highest BCUT2D eigenvalue weighted by Crippen LogP contribution is 2.15. The van der Waals surface area contributed by atoms with Gasteiger partial charge in [0.1, 0.15) is 6.29 Å². The highest BCUT2D eigenvalue weighted by atomic mass is 32.2. The van der Waals surface area contributed by atoms with Gasteiger partial charge in [0.05, 0.1) is 10.7 Å². The van der Waals surface area contributed by atoms with Crippen LogP contribution in [-0.4, -0.2) is 22.1 Å². The third-order valence-corrected chi connectivity index (χ3v) is 2.56. The molecule has 0 atom stereocenters. The fourth-order valence-electron chi connectivity index (χ4n) is 1.16. The molecule has 0 unspecified atom stereocenters. The van der Waals surface area contributed by atoms with Crippen LogP contribution in [0.4, 0.5) is 5.69 Å². The fraction of sp³-hybridized carbons (Fsp3) is 0.167. The number of rotatable bonds is 3. The Hall–Kier alpha value is -2.13. The van der Waals surface area contributed by atoms with Gasteiger partial charge in [-0.05, 0) is 6.07 Å². The Balaban J connectivity index is 2.94. The lowest BCUT2D eigenvalue weighted by Crippen LogP contribution is -1.92. The minimum absolute atomic E-state index is 0.0445. The first-order valence-corrected chi connectivity index (χ1v) is 5.88. The Morgan fingerprint density at radius 1 is 1.50 bits per heavy atom. The number of nitro groups is 1. The van der Waals surface area contributed by atoms with E-state index in [1.165, 1.54) is 25.1 Å². The number of nitrogens with zero attached hydrogens (tertiary/aromatic N) is 1. The van der Waals surface area contributed by atoms with Gasteiger partial charge in [0.15, 0.2) is 5.12 Å². The monoisotopic (exact) mass is 263 g/mol. The Labute approximate surface area is 108 Å². The van der Waals surface area contributed by atoms with Crippen LogP contribution in [0.2, 0.25) is 0 Å². The second kappa shape index (κ2) is 6.57. The summed E-state index contributed by atoms with van der Waals surface area (Å²) in [5.41, 5.74) is 0.409. The lowest BCUT2D eigenvalue weighted by atomic mass is 10.1. The predicted molar refractivity (Wildman–Crippen MR) is 68.5 cm³/mol. The largest absolute Gasteiger partial charge is 0.298 e. The van der Waals surface area contributed by atoms with Crippen LogP contribution in [0.5, 0.6) is 0 Å². The summed E-state index contributed by atoms with van der Waals surface area (Å²) in [6, 6.07) is 3.94. The van der Waals surface area contributed by atoms with E-state index in [0.29, 0.717) is 17.6 Å². The van der Waals surface area contributed by atoms with Crippen molar-refractivity contribution in [2.75, 3.05) is 5.75 Å². The number of carbonyl (C=O) groups excluding carboxylic acids is 2. The SMILES string of the molecule is CC(=O)SCC#Cc1cc(C=O)cc([N+](=O)[O-])c1. The lowest BCUT2D eigenvalue weighted by Gasteiger charge is -1.95. The van der Waals surface area contributed by atoms with E-state index in [4.69, 9.17) is 0 Å². The molecule has 0 saturated heterocycles. The summed E-state index contributed by atoms with van der Waals surface area (Å²) in [6.45, 7) is 1.43. The fourth-order valence-corrected chi connectivity index (χ4v) is 1.50. The quantitative estimate of drug-likeness (QED) is 0.361. The molecule has 1 aromatic rings. The molecule has 0 aliphatic carbocycles. The van der Waals surface area contributed by atoms with Crippen LogP contribution in [0.25, 0.3) is 0 Å². The zero-order chi connectivity index (χ0) is 13.5. The van der Waals surface area contributed by atoms with Gasteiger partial charge in [0, 0.05) is 30.2 Å². The molecule has 0 N–H and O–H groups in total. The van der Waals surface area contributed by atoms with Crippen molar-refractivity contribution in [3.05, 3.63) is 39.4 Å². The van der Waals surface area contributed by atoms with Gasteiger partial charge in [-0.25, -0.2) is 0 Å². The maximum absolute atomic E-state index is 10.7. The van der Waals surface area contributed by atoms with Crippen molar-refractivity contribution in [2.24, 2.45) is 0 Å². The smallest absolute Gasteiger partial charge is 0.271 e. The second-order valence-corrected chi connectivity index (χ2v) is 4.42. The first-order valence-electron chi connectivity index (χ1n) is 4.90. The molecule has 18 heavy (non-hydrogen) atoms. The van der Waals surface area contributed by atoms with Crippen LogP contribution < -0.4 is 0 Å². The molecule has 0 fully saturated rings. The third-order valence-electron chi connectivity index (χ3n) is 1.87. The Morgan fingerprint density at radius 2 is 2.22 bits per heavy atom. The van der Waals surface area contributed by atoms with Gasteiger partial charge in [0.2, 0.25) is 0 Å². The van der Waals surface area contributed by atoms with Crippen LogP contribution in [0.15, 0.2) is 18.2 Å². The molecule has 0 amide bonds. The van der Waals surface area contributed by atoms with E-state index >= 15 is 0 Å². The van der Waals surface area contributed by atoms with Crippen LogP contribution in [-0.2, 0) is 4.79 Å². The van der Waals surface area contributed by atoms with E-state index in [-0.39, 0.29) is 16.4 Å². The number of nitro benzene ring substituents is 1. The van der Waals surface area contributed by atoms with Crippen molar-refractivity contribution in [1.29, 1.82) is 0 Å². The number of thioether (sulfide) groups is 1. The van der Waals surface area contributed by atoms with Crippen molar-refractivity contribution >= 4 is 28.9 Å². The van der Waals surface area contributed by atoms with E-state index in [1.807, 2.05) is 0 Å². The number of hydrogen-bond donors (Lipinski definition) is 0. The molecule has 1 rings (SSSR count). The standard InChI is InChI=1S/C12H9NO4S/c1-9(15)18-4-2-3-10-5-11(8-14)7-12(6-10)13(16)17/h5-8H,4H2,1H3. The van der Waals surface area contributed by atoms with E-state index in [0.717, 1.165) is 11.8 Å². The summed E-state index contributed by atoms with van der Waals surface area (Å²) < 4.78 is 0. The maximum atomic E-state index is 10.7. The van der Waals surface area contributed by atoms with E-state index in [9.17, 15) is 19.7 Å². The summed E-state index contributed by atoms with van der Waals surface area (Å²) >= 11 is 1.06. The molecule has 0 aliphatic heterocycles. The molecule has 0 saturated carbocycles. The topological polar surface area (TPSA) is 77.3 Å². The molecular formula is C12H9NO4S. The predicted octanol–water partition coefficient (Wildman–Crippen LogP) is 2.04. The molecule has 1 aromatic carbocycles. The Morgan fingerprint density at radius 3 is 2.78 bits per heavy atom. The molecule has 0 heterocycles. The van der Waals surface area contributed by atoms with Gasteiger partial charge in [-0.1, -0.05) is 23.6 Å². The highest BCUT2D eigenvalue weighted by molar-refractivity contribution is 8.13. The summed E-state index contributed by atoms with van der Waals surface area (Å²) in [5, 5.41) is 10.6. The summed E-state index contributed by atoms with van der Waals surface area (Å²) in [4.78, 5) is 31.3. The minimum atomic E-state index is -0.581. The number of hydrogen-bond acceptors (Lipinski definition) is 5. The molecule has 0 spiro atoms. The number of benzene rings is 1. The van der Waals surface area contributed by atoms with E-state index in [2.05, 4.69) is 11.8 Å². The van der Waals surface area contributed by atoms with Crippen LogP contribution in [0.3, 0.4) is 0 Å². The zero-order valence-corrected chi connectivity index (χ0v) is 10.3. The average molecular weight is 263 g/mol. The summed E-state index contributed by atoms with van der Waals surface area (Å²) in [6.07, 6.45) is 0.530. The van der Waals surface area contributed by atoms with Crippen molar-refractivity contribution in [1.82, 2.24) is 0 Å². The first kappa shape index (κ1) is 13.9. The zero-order valence-electron chi connectivity index (χ0n) is 9.50. The molecule has 0 aromatic heterocycles. The number of carbonyl (C=O) groups is 2. The Bertz CT molecular complexity index is 557. The normalized spacial score (nSPS) is 9.17. The highest BCUT2D eigenvalue weighted by Gasteiger charge is 2.08. The molecule has 0 bridgehead atoms. The average Bonchev–Trinajstić information content (AvgIpc) is 2.34. The molecule has 6 heteroatoms. The van der Waals surface area contributed by atoms with Crippen molar-refractivity contribution in [2.45, 2.75) is 6.92 Å². The molecule has 0 radical (unpaired) electrons. The molecule has 5 nitrogen and oxygen atoms in total. The van der Waals surface area contributed by atoms with Crippen LogP contribution in [0.1, 0.15) is 22.8 Å². The summed E-state index contributed by atoms with van der Waals surface area (Å²) in [7, 11) is 0. The van der Waals surface area contributed by atoms with Gasteiger partial charge in [-0.15, -0.1) is 0 Å². The summed E-state index contributed by atoms with van der Waals surface area (Å²) in [5.74, 6) is 5.70. The van der Waals surface area contributed by atoms with Crippen molar-refractivity contribution in [3.63, 3.8) is 0 Å². The van der Waals surface area contributed by atoms with E-state index < -0.39 is 4.92 Å². The second-order valence-electron chi connectivity index (χ2n) is 3.27. The van der Waals surface area contributed by atoms with Crippen LogP contribution >= 0.6 is 11.8 Å². The molecular weight excluding hydrogens is 254 g/mol. The van der Waals surface area contributed by atoms with Crippen molar-refractivity contribution in [3.8, 4) is 11.8 Å².